The van der Waals surface area contributed by atoms with Crippen LogP contribution in [0.3, 0.4) is 0 Å². The van der Waals surface area contributed by atoms with Crippen molar-refractivity contribution in [2.75, 3.05) is 5.32 Å². The minimum atomic E-state index is -0.0445. The van der Waals surface area contributed by atoms with Crippen LogP contribution in [-0.4, -0.2) is 25.7 Å². The molecule has 7 nitrogen and oxygen atoms in total. The van der Waals surface area contributed by atoms with Gasteiger partial charge in [-0.1, -0.05) is 13.3 Å². The van der Waals surface area contributed by atoms with E-state index in [1.54, 1.807) is 10.9 Å². The van der Waals surface area contributed by atoms with E-state index in [1.165, 1.54) is 0 Å². The van der Waals surface area contributed by atoms with Gasteiger partial charge in [0.05, 0.1) is 12.5 Å². The Labute approximate surface area is 145 Å². The number of furan rings is 1. The van der Waals surface area contributed by atoms with Crippen molar-refractivity contribution in [3.05, 3.63) is 53.6 Å². The first-order valence-corrected chi connectivity index (χ1v) is 8.66. The fraction of sp³-hybridized carbons (Fsp3) is 0.389. The summed E-state index contributed by atoms with van der Waals surface area (Å²) in [5, 5.41) is 7.39. The number of fused-ring (bicyclic) bond motifs is 1. The summed E-state index contributed by atoms with van der Waals surface area (Å²) in [6, 6.07) is 3.74. The van der Waals surface area contributed by atoms with Crippen LogP contribution in [0.1, 0.15) is 54.9 Å². The third-order valence-corrected chi connectivity index (χ3v) is 4.57. The molecule has 0 radical (unpaired) electrons. The average molecular weight is 339 g/mol. The highest BCUT2D eigenvalue weighted by Crippen LogP contribution is 2.36. The van der Waals surface area contributed by atoms with Crippen molar-refractivity contribution in [3.63, 3.8) is 0 Å². The van der Waals surface area contributed by atoms with E-state index in [4.69, 9.17) is 4.42 Å². The Kier molecular flexibility index (Phi) is 4.13. The second-order valence-electron chi connectivity index (χ2n) is 6.38. The second kappa shape index (κ2) is 6.58. The van der Waals surface area contributed by atoms with Crippen LogP contribution < -0.4 is 5.32 Å². The number of anilines is 1. The van der Waals surface area contributed by atoms with E-state index in [1.807, 2.05) is 24.5 Å². The number of hydrogen-bond donors (Lipinski definition) is 2. The molecule has 0 aliphatic carbocycles. The maximum absolute atomic E-state index is 12.2. The Morgan fingerprint density at radius 2 is 2.32 bits per heavy atom. The Hall–Kier alpha value is -2.83. The zero-order valence-electron chi connectivity index (χ0n) is 14.2. The van der Waals surface area contributed by atoms with Gasteiger partial charge in [0, 0.05) is 36.2 Å². The molecule has 3 aromatic heterocycles. The maximum atomic E-state index is 12.2. The van der Waals surface area contributed by atoms with E-state index >= 15 is 0 Å². The summed E-state index contributed by atoms with van der Waals surface area (Å²) in [6.45, 7) is 2.65. The molecule has 0 saturated carbocycles. The van der Waals surface area contributed by atoms with Gasteiger partial charge in [-0.3, -0.25) is 4.79 Å². The summed E-state index contributed by atoms with van der Waals surface area (Å²) < 4.78 is 7.16. The van der Waals surface area contributed by atoms with Crippen molar-refractivity contribution < 1.29 is 9.21 Å². The van der Waals surface area contributed by atoms with E-state index < -0.39 is 0 Å². The van der Waals surface area contributed by atoms with Crippen LogP contribution in [0.2, 0.25) is 0 Å². The lowest BCUT2D eigenvalue weighted by atomic mass is 9.91. The summed E-state index contributed by atoms with van der Waals surface area (Å²) in [7, 11) is 0. The van der Waals surface area contributed by atoms with Gasteiger partial charge < -0.3 is 14.7 Å². The van der Waals surface area contributed by atoms with Gasteiger partial charge in [-0.05, 0) is 18.6 Å². The fourth-order valence-electron chi connectivity index (χ4n) is 3.24. The lowest BCUT2D eigenvalue weighted by molar-refractivity contribution is -0.116. The molecule has 4 rings (SSSR count). The molecule has 0 saturated heterocycles. The molecule has 1 aliphatic rings. The number of H-pyrrole nitrogens is 1. The highest BCUT2D eigenvalue weighted by atomic mass is 16.3. The average Bonchev–Trinajstić information content (AvgIpc) is 3.34. The topological polar surface area (TPSA) is 88.7 Å². The molecular formula is C18H21N5O2. The second-order valence-corrected chi connectivity index (χ2v) is 6.38. The van der Waals surface area contributed by atoms with Gasteiger partial charge in [0.1, 0.15) is 23.9 Å². The molecule has 130 valence electrons. The molecule has 2 N–H and O–H groups in total. The zero-order chi connectivity index (χ0) is 17.2. The van der Waals surface area contributed by atoms with Gasteiger partial charge in [0.25, 0.3) is 0 Å². The number of unbranched alkanes of at least 4 members (excludes halogenated alkanes) is 1. The minimum absolute atomic E-state index is 0.0107. The summed E-state index contributed by atoms with van der Waals surface area (Å²) in [5.41, 5.74) is 1.98. The number of nitrogens with zero attached hydrogens (tertiary/aromatic N) is 3. The molecule has 25 heavy (non-hydrogen) atoms. The monoisotopic (exact) mass is 339 g/mol. The molecule has 1 atom stereocenters. The number of aromatic nitrogens is 4. The Morgan fingerprint density at radius 3 is 3.12 bits per heavy atom. The molecule has 0 bridgehead atoms. The maximum Gasteiger partial charge on any atom is 0.226 e. The first-order chi connectivity index (χ1) is 12.2. The summed E-state index contributed by atoms with van der Waals surface area (Å²) in [6.07, 6.45) is 8.87. The van der Waals surface area contributed by atoms with Crippen LogP contribution in [-0.2, 0) is 17.8 Å². The van der Waals surface area contributed by atoms with E-state index in [-0.39, 0.29) is 11.8 Å². The molecule has 0 spiro atoms. The van der Waals surface area contributed by atoms with Crippen LogP contribution in [0.5, 0.6) is 0 Å². The Bertz CT molecular complexity index is 862. The van der Waals surface area contributed by atoms with Crippen molar-refractivity contribution in [2.45, 2.75) is 45.1 Å². The number of carbonyl (C=O) groups is 1. The van der Waals surface area contributed by atoms with E-state index in [9.17, 15) is 4.79 Å². The van der Waals surface area contributed by atoms with Crippen molar-refractivity contribution in [2.24, 2.45) is 0 Å². The molecule has 1 unspecified atom stereocenters. The number of nitrogens with one attached hydrogen (secondary N) is 2. The van der Waals surface area contributed by atoms with E-state index in [0.29, 0.717) is 13.0 Å². The molecular weight excluding hydrogens is 318 g/mol. The first kappa shape index (κ1) is 15.7. The summed E-state index contributed by atoms with van der Waals surface area (Å²) in [4.78, 5) is 20.1. The number of rotatable bonds is 6. The number of aryl methyl sites for hydroxylation is 1. The van der Waals surface area contributed by atoms with Gasteiger partial charge in [0.2, 0.25) is 5.91 Å². The number of carbonyl (C=O) groups excluding carboxylic acids is 1. The van der Waals surface area contributed by atoms with Gasteiger partial charge in [0.15, 0.2) is 0 Å². The molecule has 0 aromatic carbocycles. The predicted octanol–water partition coefficient (Wildman–Crippen LogP) is 3.06. The Balaban J connectivity index is 1.62. The summed E-state index contributed by atoms with van der Waals surface area (Å²) >= 11 is 0. The van der Waals surface area contributed by atoms with Crippen molar-refractivity contribution in [3.8, 4) is 0 Å². The van der Waals surface area contributed by atoms with Crippen LogP contribution >= 0.6 is 0 Å². The SMILES string of the molecule is CCCCc1ncc(C2CC(=O)Nc3c2cnn3Cc2ccco2)[nH]1. The van der Waals surface area contributed by atoms with Gasteiger partial charge in [-0.2, -0.15) is 5.10 Å². The van der Waals surface area contributed by atoms with Gasteiger partial charge in [-0.15, -0.1) is 0 Å². The quantitative estimate of drug-likeness (QED) is 0.722. The molecule has 3 aromatic rings. The fourth-order valence-corrected chi connectivity index (χ4v) is 3.24. The number of hydrogen-bond acceptors (Lipinski definition) is 4. The third-order valence-electron chi connectivity index (χ3n) is 4.57. The van der Waals surface area contributed by atoms with E-state index in [0.717, 1.165) is 47.9 Å². The predicted molar refractivity (Wildman–Crippen MR) is 92.3 cm³/mol. The molecule has 4 heterocycles. The minimum Gasteiger partial charge on any atom is -0.467 e. The van der Waals surface area contributed by atoms with Crippen molar-refractivity contribution in [1.29, 1.82) is 0 Å². The van der Waals surface area contributed by atoms with Gasteiger partial charge >= 0.3 is 0 Å². The van der Waals surface area contributed by atoms with Crippen molar-refractivity contribution >= 4 is 11.7 Å². The van der Waals surface area contributed by atoms with Crippen LogP contribution in [0, 0.1) is 0 Å². The molecule has 7 heteroatoms. The number of aromatic amines is 1. The highest BCUT2D eigenvalue weighted by molar-refractivity contribution is 5.94. The van der Waals surface area contributed by atoms with E-state index in [2.05, 4.69) is 27.3 Å². The number of imidazole rings is 1. The third kappa shape index (κ3) is 3.09. The largest absolute Gasteiger partial charge is 0.467 e. The van der Waals surface area contributed by atoms with Crippen LogP contribution in [0.4, 0.5) is 5.82 Å². The standard InChI is InChI=1S/C18H21N5O2/c1-2-3-6-16-19-10-15(21-16)13-8-17(24)22-18-14(13)9-20-23(18)11-12-5-4-7-25-12/h4-5,7,9-10,13H,2-3,6,8,11H2,1H3,(H,19,21)(H,22,24). The normalized spacial score (nSPS) is 16.7. The molecule has 1 amide bonds. The lowest BCUT2D eigenvalue weighted by Gasteiger charge is -2.22. The highest BCUT2D eigenvalue weighted by Gasteiger charge is 2.31. The summed E-state index contributed by atoms with van der Waals surface area (Å²) in [5.74, 6) is 2.46. The molecule has 0 fully saturated rings. The smallest absolute Gasteiger partial charge is 0.226 e. The molecule has 1 aliphatic heterocycles. The lowest BCUT2D eigenvalue weighted by Crippen LogP contribution is -2.25. The first-order valence-electron chi connectivity index (χ1n) is 8.66. The zero-order valence-corrected chi connectivity index (χ0v) is 14.2. The van der Waals surface area contributed by atoms with Crippen LogP contribution in [0.25, 0.3) is 0 Å². The van der Waals surface area contributed by atoms with Gasteiger partial charge in [-0.25, -0.2) is 9.67 Å². The number of amides is 1. The van der Waals surface area contributed by atoms with Crippen LogP contribution in [0.15, 0.2) is 35.2 Å². The Morgan fingerprint density at radius 1 is 1.40 bits per heavy atom. The van der Waals surface area contributed by atoms with Crippen molar-refractivity contribution in [1.82, 2.24) is 19.7 Å².